The van der Waals surface area contributed by atoms with E-state index in [-0.39, 0.29) is 55.6 Å². The third kappa shape index (κ3) is 5.39. The Morgan fingerprint density at radius 3 is 2.08 bits per heavy atom. The summed E-state index contributed by atoms with van der Waals surface area (Å²) in [6, 6.07) is 8.52. The van der Waals surface area contributed by atoms with Gasteiger partial charge < -0.3 is 0 Å². The van der Waals surface area contributed by atoms with Gasteiger partial charge in [-0.05, 0) is 5.56 Å². The molecule has 1 radical (unpaired) electrons. The van der Waals surface area contributed by atoms with Crippen molar-refractivity contribution < 1.29 is 62.8 Å². The van der Waals surface area contributed by atoms with Crippen LogP contribution >= 0.6 is 0 Å². The van der Waals surface area contributed by atoms with E-state index in [1.54, 1.807) is 30.3 Å². The number of benzene rings is 1. The summed E-state index contributed by atoms with van der Waals surface area (Å²) in [6.07, 6.45) is 0. The quantitative estimate of drug-likeness (QED) is 0.763. The molecule has 0 saturated carbocycles. The van der Waals surface area contributed by atoms with E-state index in [1.165, 1.54) is 0 Å². The molecule has 0 aliphatic rings. The van der Waals surface area contributed by atoms with Gasteiger partial charge in [-0.1, -0.05) is 30.3 Å². The van der Waals surface area contributed by atoms with Gasteiger partial charge >= 0.3 is 0 Å². The van der Waals surface area contributed by atoms with Gasteiger partial charge in [0, 0.05) is 49.9 Å². The maximum Gasteiger partial charge on any atom is 0.269 e. The van der Waals surface area contributed by atoms with Gasteiger partial charge in [0.25, 0.3) is 10.1 Å². The van der Waals surface area contributed by atoms with Gasteiger partial charge in [-0.15, -0.1) is 0 Å². The fraction of sp³-hybridized carbons (Fsp3) is 0.143. The normalized spacial score (nSPS) is 10.4. The zero-order valence-electron chi connectivity index (χ0n) is 6.77. The molecule has 0 heterocycles. The van der Waals surface area contributed by atoms with Crippen LogP contribution in [0.1, 0.15) is 5.56 Å². The van der Waals surface area contributed by atoms with Crippen LogP contribution in [0.3, 0.4) is 0 Å². The van der Waals surface area contributed by atoms with Crippen LogP contribution in [-0.2, 0) is 15.9 Å². The molecule has 1 rings (SSSR count). The fourth-order valence-corrected chi connectivity index (χ4v) is 1.40. The SMILES string of the molecule is O=S(=O)(O)Cc1ccccc1.[Fr]. The minimum absolute atomic E-state index is 0. The van der Waals surface area contributed by atoms with Crippen LogP contribution in [0.5, 0.6) is 0 Å². The molecule has 1 aromatic rings. The van der Waals surface area contributed by atoms with Crippen LogP contribution in [0, 0.1) is 49.9 Å². The maximum atomic E-state index is 10.4. The summed E-state index contributed by atoms with van der Waals surface area (Å²) in [7, 11) is -3.88. The van der Waals surface area contributed by atoms with Crippen molar-refractivity contribution in [2.24, 2.45) is 0 Å². The molecular formula is C7H8FrO3S. The molecule has 0 fully saturated rings. The molecule has 12 heavy (non-hydrogen) atoms. The first kappa shape index (κ1) is 12.7. The van der Waals surface area contributed by atoms with Crippen molar-refractivity contribution in [1.29, 1.82) is 0 Å². The van der Waals surface area contributed by atoms with E-state index in [0.29, 0.717) is 5.56 Å². The summed E-state index contributed by atoms with van der Waals surface area (Å²) < 4.78 is 29.2. The minimum Gasteiger partial charge on any atom is -0.285 e. The van der Waals surface area contributed by atoms with Crippen molar-refractivity contribution in [2.75, 3.05) is 0 Å². The molecule has 0 atom stereocenters. The van der Waals surface area contributed by atoms with Crippen LogP contribution in [0.15, 0.2) is 30.3 Å². The molecule has 61 valence electrons. The molecule has 0 aliphatic heterocycles. The Balaban J connectivity index is 0.00000121. The summed E-state index contributed by atoms with van der Waals surface area (Å²) in [4.78, 5) is 0. The minimum atomic E-state index is -3.88. The standard InChI is InChI=1S/C7H8O3S.Fr/c8-11(9,10)6-7-4-2-1-3-5-7;/h1-5H,6H2,(H,8,9,10);. The molecule has 0 bridgehead atoms. The van der Waals surface area contributed by atoms with Crippen LogP contribution < -0.4 is 0 Å². The first-order chi connectivity index (χ1) is 5.08. The second kappa shape index (κ2) is 5.46. The molecule has 0 saturated heterocycles. The molecule has 1 N–H and O–H groups in total. The van der Waals surface area contributed by atoms with Crippen molar-refractivity contribution in [3.63, 3.8) is 0 Å². The third-order valence-corrected chi connectivity index (χ3v) is 1.89. The summed E-state index contributed by atoms with van der Waals surface area (Å²) in [5.74, 6) is -0.312. The molecule has 0 aromatic heterocycles. The Morgan fingerprint density at radius 1 is 1.17 bits per heavy atom. The van der Waals surface area contributed by atoms with E-state index < -0.39 is 10.1 Å². The maximum absolute atomic E-state index is 10.4. The van der Waals surface area contributed by atoms with Gasteiger partial charge in [0.1, 0.15) is 5.75 Å². The summed E-state index contributed by atoms with van der Waals surface area (Å²) in [5.41, 5.74) is 0.593. The van der Waals surface area contributed by atoms with E-state index >= 15 is 0 Å². The van der Waals surface area contributed by atoms with Crippen molar-refractivity contribution in [3.05, 3.63) is 35.9 Å². The fourth-order valence-electron chi connectivity index (χ4n) is 0.785. The van der Waals surface area contributed by atoms with Gasteiger partial charge in [0.05, 0.1) is 0 Å². The third-order valence-electron chi connectivity index (χ3n) is 1.19. The van der Waals surface area contributed by atoms with Crippen molar-refractivity contribution in [1.82, 2.24) is 0 Å². The molecule has 3 nitrogen and oxygen atoms in total. The van der Waals surface area contributed by atoms with Crippen LogP contribution in [0.25, 0.3) is 0 Å². The zero-order chi connectivity index (χ0) is 8.32. The first-order valence-electron chi connectivity index (χ1n) is 3.07. The van der Waals surface area contributed by atoms with Crippen LogP contribution in [0.2, 0.25) is 0 Å². The Bertz CT molecular complexity index is 320. The summed E-state index contributed by atoms with van der Waals surface area (Å²) in [5, 5.41) is 0. The van der Waals surface area contributed by atoms with Crippen molar-refractivity contribution in [2.45, 2.75) is 5.75 Å². The van der Waals surface area contributed by atoms with Gasteiger partial charge in [-0.3, -0.25) is 4.55 Å². The predicted molar refractivity (Wildman–Crippen MR) is 41.7 cm³/mol. The monoisotopic (exact) mass is 395 g/mol. The van der Waals surface area contributed by atoms with Crippen molar-refractivity contribution in [3.8, 4) is 0 Å². The molecule has 0 spiro atoms. The average Bonchev–Trinajstić information content (AvgIpc) is 1.85. The Kier molecular flexibility index (Phi) is 5.79. The van der Waals surface area contributed by atoms with Crippen LogP contribution in [-0.4, -0.2) is 13.0 Å². The zero-order valence-corrected chi connectivity index (χ0v) is 15.8. The van der Waals surface area contributed by atoms with Crippen molar-refractivity contribution >= 4 is 10.1 Å². The van der Waals surface area contributed by atoms with E-state index in [1.807, 2.05) is 0 Å². The molecular weight excluding hydrogens is 387 g/mol. The second-order valence-corrected chi connectivity index (χ2v) is 3.66. The number of hydrogen-bond acceptors (Lipinski definition) is 2. The number of rotatable bonds is 2. The van der Waals surface area contributed by atoms with Gasteiger partial charge in [-0.25, -0.2) is 0 Å². The molecule has 0 aliphatic carbocycles. The number of hydrogen-bond donors (Lipinski definition) is 1. The van der Waals surface area contributed by atoms with Gasteiger partial charge in [0.2, 0.25) is 0 Å². The Morgan fingerprint density at radius 2 is 1.67 bits per heavy atom. The largest absolute Gasteiger partial charge is 0.285 e. The topological polar surface area (TPSA) is 54.4 Å². The Labute approximate surface area is 113 Å². The van der Waals surface area contributed by atoms with Gasteiger partial charge in [0.15, 0.2) is 0 Å². The smallest absolute Gasteiger partial charge is 0.269 e. The molecule has 5 heteroatoms. The van der Waals surface area contributed by atoms with E-state index in [0.717, 1.165) is 0 Å². The van der Waals surface area contributed by atoms with Crippen LogP contribution in [0.4, 0.5) is 0 Å². The first-order valence-corrected chi connectivity index (χ1v) is 4.68. The predicted octanol–water partition coefficient (Wildman–Crippen LogP) is 1.07. The second-order valence-electron chi connectivity index (χ2n) is 2.21. The average molecular weight is 395 g/mol. The molecule has 1 aromatic carbocycles. The van der Waals surface area contributed by atoms with E-state index in [9.17, 15) is 8.42 Å². The Hall–Kier alpha value is 0.727. The van der Waals surface area contributed by atoms with E-state index in [4.69, 9.17) is 4.55 Å². The van der Waals surface area contributed by atoms with Gasteiger partial charge in [-0.2, -0.15) is 8.42 Å². The summed E-state index contributed by atoms with van der Waals surface area (Å²) in [6.45, 7) is 0. The van der Waals surface area contributed by atoms with E-state index in [2.05, 4.69) is 0 Å². The molecule has 0 unspecified atom stereocenters. The molecule has 0 amide bonds. The summed E-state index contributed by atoms with van der Waals surface area (Å²) >= 11 is 0.